The molecule has 1 amide bonds. The zero-order valence-corrected chi connectivity index (χ0v) is 16.1. The Hall–Kier alpha value is -1.37. The summed E-state index contributed by atoms with van der Waals surface area (Å²) in [7, 11) is -3.63. The summed E-state index contributed by atoms with van der Waals surface area (Å²) in [5.41, 5.74) is 0. The summed E-state index contributed by atoms with van der Waals surface area (Å²) in [6.45, 7) is 0. The Balaban J connectivity index is 1.74. The molecule has 7 heteroatoms. The van der Waals surface area contributed by atoms with Gasteiger partial charge in [0.15, 0.2) is 0 Å². The van der Waals surface area contributed by atoms with Crippen molar-refractivity contribution in [2.45, 2.75) is 53.7 Å². The third kappa shape index (κ3) is 4.43. The van der Waals surface area contributed by atoms with Crippen LogP contribution in [0.2, 0.25) is 5.02 Å². The predicted molar refractivity (Wildman–Crippen MR) is 100 cm³/mol. The zero-order chi connectivity index (χ0) is 17.9. The van der Waals surface area contributed by atoms with Gasteiger partial charge >= 0.3 is 0 Å². The molecule has 1 N–H and O–H groups in total. The number of benzene rings is 1. The second-order valence-electron chi connectivity index (χ2n) is 6.24. The smallest absolute Gasteiger partial charge is 0.261 e. The second-order valence-corrected chi connectivity index (χ2v) is 9.93. The highest BCUT2D eigenvalue weighted by Gasteiger charge is 2.23. The quantitative estimate of drug-likeness (QED) is 0.761. The van der Waals surface area contributed by atoms with Crippen LogP contribution in [-0.4, -0.2) is 20.4 Å². The summed E-state index contributed by atoms with van der Waals surface area (Å²) >= 11 is 6.82. The van der Waals surface area contributed by atoms with Crippen LogP contribution in [0.4, 0.5) is 0 Å². The monoisotopic (exact) mass is 397 g/mol. The molecule has 0 saturated heterocycles. The Labute approximate surface area is 157 Å². The van der Waals surface area contributed by atoms with Gasteiger partial charge in [0.25, 0.3) is 5.91 Å². The van der Waals surface area contributed by atoms with Gasteiger partial charge in [0.2, 0.25) is 9.84 Å². The number of amides is 1. The van der Waals surface area contributed by atoms with E-state index < -0.39 is 9.84 Å². The summed E-state index contributed by atoms with van der Waals surface area (Å²) in [6.07, 6.45) is 6.68. The Bertz CT molecular complexity index is 835. The molecule has 0 radical (unpaired) electrons. The zero-order valence-electron chi connectivity index (χ0n) is 13.7. The van der Waals surface area contributed by atoms with Gasteiger partial charge < -0.3 is 5.32 Å². The molecule has 1 fully saturated rings. The summed E-state index contributed by atoms with van der Waals surface area (Å²) in [5, 5.41) is 3.53. The fourth-order valence-corrected chi connectivity index (χ4v) is 5.73. The van der Waals surface area contributed by atoms with Gasteiger partial charge in [-0.25, -0.2) is 8.42 Å². The van der Waals surface area contributed by atoms with Crippen LogP contribution in [0.3, 0.4) is 0 Å². The van der Waals surface area contributed by atoms with Crippen molar-refractivity contribution in [1.82, 2.24) is 5.32 Å². The number of halogens is 1. The van der Waals surface area contributed by atoms with Crippen molar-refractivity contribution in [3.63, 3.8) is 0 Å². The molecule has 1 heterocycles. The SMILES string of the molecule is O=C(NC1CCCCCC1)c1ccc(S(=O)(=O)c2ccc(Cl)cc2)s1. The highest BCUT2D eigenvalue weighted by Crippen LogP contribution is 2.29. The van der Waals surface area contributed by atoms with Gasteiger partial charge in [0.05, 0.1) is 9.77 Å². The van der Waals surface area contributed by atoms with E-state index in [1.54, 1.807) is 18.2 Å². The van der Waals surface area contributed by atoms with Crippen LogP contribution in [0.25, 0.3) is 0 Å². The van der Waals surface area contributed by atoms with Crippen LogP contribution in [0, 0.1) is 0 Å². The third-order valence-electron chi connectivity index (χ3n) is 4.38. The van der Waals surface area contributed by atoms with Crippen molar-refractivity contribution in [2.24, 2.45) is 0 Å². The fraction of sp³-hybridized carbons (Fsp3) is 0.389. The van der Waals surface area contributed by atoms with E-state index in [1.807, 2.05) is 0 Å². The second kappa shape index (κ2) is 7.89. The first-order valence-electron chi connectivity index (χ1n) is 8.38. The molecule has 1 aromatic carbocycles. The molecule has 134 valence electrons. The summed E-state index contributed by atoms with van der Waals surface area (Å²) in [5.74, 6) is -0.186. The number of sulfone groups is 1. The van der Waals surface area contributed by atoms with Crippen molar-refractivity contribution >= 4 is 38.7 Å². The average molecular weight is 398 g/mol. The lowest BCUT2D eigenvalue weighted by Gasteiger charge is -2.15. The number of thiophene rings is 1. The number of carbonyl (C=O) groups excluding carboxylic acids is 1. The van der Waals surface area contributed by atoms with E-state index in [9.17, 15) is 13.2 Å². The molecule has 1 aromatic heterocycles. The summed E-state index contributed by atoms with van der Waals surface area (Å²) in [6, 6.07) is 9.30. The number of rotatable bonds is 4. The van der Waals surface area contributed by atoms with E-state index in [0.29, 0.717) is 9.90 Å². The molecule has 0 bridgehead atoms. The lowest BCUT2D eigenvalue weighted by atomic mass is 10.1. The number of nitrogens with one attached hydrogen (secondary N) is 1. The average Bonchev–Trinajstić information content (AvgIpc) is 2.96. The molecular formula is C18H20ClNO3S2. The van der Waals surface area contributed by atoms with E-state index in [1.165, 1.54) is 31.0 Å². The van der Waals surface area contributed by atoms with Crippen molar-refractivity contribution < 1.29 is 13.2 Å². The van der Waals surface area contributed by atoms with Crippen molar-refractivity contribution in [2.75, 3.05) is 0 Å². The first-order valence-corrected chi connectivity index (χ1v) is 11.1. The molecule has 0 aliphatic heterocycles. The Kier molecular flexibility index (Phi) is 5.81. The molecule has 0 unspecified atom stereocenters. The molecule has 0 atom stereocenters. The Morgan fingerprint density at radius 3 is 2.28 bits per heavy atom. The molecule has 0 spiro atoms. The van der Waals surface area contributed by atoms with Gasteiger partial charge in [-0.15, -0.1) is 11.3 Å². The first-order chi connectivity index (χ1) is 12.0. The van der Waals surface area contributed by atoms with Gasteiger partial charge in [-0.3, -0.25) is 4.79 Å². The molecule has 25 heavy (non-hydrogen) atoms. The van der Waals surface area contributed by atoms with Crippen LogP contribution in [0.15, 0.2) is 45.5 Å². The lowest BCUT2D eigenvalue weighted by Crippen LogP contribution is -2.33. The van der Waals surface area contributed by atoms with Crippen LogP contribution in [0.5, 0.6) is 0 Å². The van der Waals surface area contributed by atoms with E-state index in [4.69, 9.17) is 11.6 Å². The van der Waals surface area contributed by atoms with E-state index >= 15 is 0 Å². The molecule has 1 aliphatic rings. The molecule has 1 aliphatic carbocycles. The van der Waals surface area contributed by atoms with E-state index in [-0.39, 0.29) is 21.1 Å². The minimum absolute atomic E-state index is 0.167. The predicted octanol–water partition coefficient (Wildman–Crippen LogP) is 4.69. The van der Waals surface area contributed by atoms with E-state index in [0.717, 1.165) is 37.0 Å². The topological polar surface area (TPSA) is 63.2 Å². The lowest BCUT2D eigenvalue weighted by molar-refractivity contribution is 0.0937. The van der Waals surface area contributed by atoms with Crippen molar-refractivity contribution in [1.29, 1.82) is 0 Å². The molecule has 1 saturated carbocycles. The Morgan fingerprint density at radius 1 is 1.00 bits per heavy atom. The summed E-state index contributed by atoms with van der Waals surface area (Å²) in [4.78, 5) is 13.0. The largest absolute Gasteiger partial charge is 0.349 e. The van der Waals surface area contributed by atoms with Crippen LogP contribution in [-0.2, 0) is 9.84 Å². The number of carbonyl (C=O) groups is 1. The van der Waals surface area contributed by atoms with Crippen LogP contribution < -0.4 is 5.32 Å². The maximum absolute atomic E-state index is 12.7. The van der Waals surface area contributed by atoms with Crippen molar-refractivity contribution in [3.8, 4) is 0 Å². The third-order valence-corrected chi connectivity index (χ3v) is 7.98. The number of hydrogen-bond donors (Lipinski definition) is 1. The molecule has 3 rings (SSSR count). The normalized spacial score (nSPS) is 16.4. The van der Waals surface area contributed by atoms with Gasteiger partial charge in [0, 0.05) is 11.1 Å². The first kappa shape index (κ1) is 18.4. The number of hydrogen-bond acceptors (Lipinski definition) is 4. The minimum Gasteiger partial charge on any atom is -0.349 e. The van der Waals surface area contributed by atoms with Crippen LogP contribution in [0.1, 0.15) is 48.2 Å². The standard InChI is InChI=1S/C18H20ClNO3S2/c19-13-7-9-15(10-8-13)25(22,23)17-12-11-16(24-17)18(21)20-14-5-3-1-2-4-6-14/h7-12,14H,1-6H2,(H,20,21). The highest BCUT2D eigenvalue weighted by molar-refractivity contribution is 7.93. The molecule has 2 aromatic rings. The Morgan fingerprint density at radius 2 is 1.64 bits per heavy atom. The fourth-order valence-electron chi connectivity index (χ4n) is 3.00. The molecular weight excluding hydrogens is 378 g/mol. The maximum Gasteiger partial charge on any atom is 0.261 e. The van der Waals surface area contributed by atoms with E-state index in [2.05, 4.69) is 5.32 Å². The van der Waals surface area contributed by atoms with Gasteiger partial charge in [-0.2, -0.15) is 0 Å². The maximum atomic E-state index is 12.7. The highest BCUT2D eigenvalue weighted by atomic mass is 35.5. The van der Waals surface area contributed by atoms with Gasteiger partial charge in [-0.05, 0) is 49.2 Å². The van der Waals surface area contributed by atoms with Gasteiger partial charge in [0.1, 0.15) is 4.21 Å². The molecule has 4 nitrogen and oxygen atoms in total. The van der Waals surface area contributed by atoms with Crippen LogP contribution >= 0.6 is 22.9 Å². The van der Waals surface area contributed by atoms with Gasteiger partial charge in [-0.1, -0.05) is 37.3 Å². The van der Waals surface area contributed by atoms with Crippen molar-refractivity contribution in [3.05, 3.63) is 46.3 Å². The minimum atomic E-state index is -3.63. The summed E-state index contributed by atoms with van der Waals surface area (Å²) < 4.78 is 25.5.